The molecular formula is C12H14Cl2FNO. The van der Waals surface area contributed by atoms with E-state index in [0.717, 1.165) is 24.9 Å². The fourth-order valence-corrected chi connectivity index (χ4v) is 2.79. The number of hydrogen-bond acceptors (Lipinski definition) is 2. The third-order valence-electron chi connectivity index (χ3n) is 3.59. The zero-order valence-corrected chi connectivity index (χ0v) is 10.7. The maximum atomic E-state index is 12.8. The average Bonchev–Trinajstić information content (AvgIpc) is 2.71. The van der Waals surface area contributed by atoms with Crippen LogP contribution in [0.5, 0.6) is 5.75 Å². The van der Waals surface area contributed by atoms with Crippen molar-refractivity contribution in [1.29, 1.82) is 0 Å². The Morgan fingerprint density at radius 3 is 2.71 bits per heavy atom. The maximum Gasteiger partial charge on any atom is 0.138 e. The molecule has 94 valence electrons. The lowest BCUT2D eigenvalue weighted by Gasteiger charge is -2.09. The zero-order chi connectivity index (χ0) is 11.1. The second-order valence-electron chi connectivity index (χ2n) is 4.54. The third kappa shape index (κ3) is 2.51. The third-order valence-corrected chi connectivity index (χ3v) is 3.89. The Morgan fingerprint density at radius 2 is 2.06 bits per heavy atom. The van der Waals surface area contributed by atoms with Gasteiger partial charge in [0.25, 0.3) is 0 Å². The summed E-state index contributed by atoms with van der Waals surface area (Å²) in [7, 11) is 0. The van der Waals surface area contributed by atoms with E-state index in [0.29, 0.717) is 23.3 Å². The zero-order valence-electron chi connectivity index (χ0n) is 9.16. The highest BCUT2D eigenvalue weighted by Crippen LogP contribution is 2.48. The summed E-state index contributed by atoms with van der Waals surface area (Å²) in [6, 6.07) is 4.25. The molecule has 1 aliphatic heterocycles. The number of piperidine rings is 1. The molecule has 0 unspecified atom stereocenters. The van der Waals surface area contributed by atoms with Gasteiger partial charge in [0.2, 0.25) is 0 Å². The topological polar surface area (TPSA) is 21.3 Å². The molecule has 0 bridgehead atoms. The lowest BCUT2D eigenvalue weighted by atomic mass is 10.3. The summed E-state index contributed by atoms with van der Waals surface area (Å²) >= 11 is 5.88. The van der Waals surface area contributed by atoms with Gasteiger partial charge in [0, 0.05) is 5.92 Å². The number of ether oxygens (including phenoxy) is 1. The van der Waals surface area contributed by atoms with Crippen molar-refractivity contribution < 1.29 is 9.13 Å². The minimum atomic E-state index is -0.329. The van der Waals surface area contributed by atoms with Gasteiger partial charge < -0.3 is 10.1 Å². The molecule has 2 nitrogen and oxygen atoms in total. The number of benzene rings is 1. The molecule has 1 heterocycles. The lowest BCUT2D eigenvalue weighted by Crippen LogP contribution is -2.17. The van der Waals surface area contributed by atoms with Crippen molar-refractivity contribution in [2.24, 2.45) is 17.8 Å². The van der Waals surface area contributed by atoms with Crippen LogP contribution in [0.15, 0.2) is 18.2 Å². The summed E-state index contributed by atoms with van der Waals surface area (Å²) in [5.74, 6) is 2.46. The van der Waals surface area contributed by atoms with E-state index in [2.05, 4.69) is 5.32 Å². The molecule has 1 N–H and O–H groups in total. The van der Waals surface area contributed by atoms with Crippen LogP contribution in [-0.2, 0) is 0 Å². The van der Waals surface area contributed by atoms with Crippen molar-refractivity contribution >= 4 is 24.0 Å². The van der Waals surface area contributed by atoms with Gasteiger partial charge in [0.1, 0.15) is 11.6 Å². The molecule has 2 fully saturated rings. The Kier molecular flexibility index (Phi) is 3.81. The van der Waals surface area contributed by atoms with Crippen molar-refractivity contribution in [1.82, 2.24) is 5.32 Å². The predicted octanol–water partition coefficient (Wildman–Crippen LogP) is 2.75. The van der Waals surface area contributed by atoms with E-state index >= 15 is 0 Å². The molecule has 3 rings (SSSR count). The van der Waals surface area contributed by atoms with E-state index in [-0.39, 0.29) is 18.2 Å². The first-order valence-electron chi connectivity index (χ1n) is 5.54. The highest BCUT2D eigenvalue weighted by molar-refractivity contribution is 6.32. The molecule has 1 aromatic rings. The van der Waals surface area contributed by atoms with Gasteiger partial charge in [0.15, 0.2) is 0 Å². The van der Waals surface area contributed by atoms with E-state index in [1.807, 2.05) is 0 Å². The molecule has 3 atom stereocenters. The van der Waals surface area contributed by atoms with E-state index in [4.69, 9.17) is 16.3 Å². The van der Waals surface area contributed by atoms with Gasteiger partial charge in [-0.15, -0.1) is 12.4 Å². The van der Waals surface area contributed by atoms with Gasteiger partial charge in [-0.1, -0.05) is 11.6 Å². The minimum absolute atomic E-state index is 0. The normalized spacial score (nSPS) is 29.4. The molecular weight excluding hydrogens is 264 g/mol. The molecule has 0 radical (unpaired) electrons. The second-order valence-corrected chi connectivity index (χ2v) is 4.94. The van der Waals surface area contributed by atoms with Crippen LogP contribution in [0.4, 0.5) is 4.39 Å². The maximum absolute atomic E-state index is 12.8. The summed E-state index contributed by atoms with van der Waals surface area (Å²) in [6.07, 6.45) is 0. The first-order chi connectivity index (χ1) is 7.75. The standard InChI is InChI=1S/C12H13ClFNO.ClH/c13-11-3-7(14)1-2-12(11)16-6-10-8-4-15-5-9(8)10;/h1-3,8-10,15H,4-6H2;1H/t8-,9+,10+;. The smallest absolute Gasteiger partial charge is 0.138 e. The first-order valence-corrected chi connectivity index (χ1v) is 5.92. The highest BCUT2D eigenvalue weighted by atomic mass is 35.5. The van der Waals surface area contributed by atoms with Crippen molar-refractivity contribution in [2.45, 2.75) is 0 Å². The minimum Gasteiger partial charge on any atom is -0.492 e. The predicted molar refractivity (Wildman–Crippen MR) is 67.5 cm³/mol. The van der Waals surface area contributed by atoms with Crippen LogP contribution in [0.2, 0.25) is 5.02 Å². The molecule has 1 saturated carbocycles. The quantitative estimate of drug-likeness (QED) is 0.918. The molecule has 0 aromatic heterocycles. The highest BCUT2D eigenvalue weighted by Gasteiger charge is 2.52. The van der Waals surface area contributed by atoms with Crippen LogP contribution in [0.1, 0.15) is 0 Å². The Bertz CT molecular complexity index is 405. The van der Waals surface area contributed by atoms with E-state index in [1.165, 1.54) is 12.1 Å². The van der Waals surface area contributed by atoms with Gasteiger partial charge in [-0.3, -0.25) is 0 Å². The number of nitrogens with one attached hydrogen (secondary N) is 1. The first kappa shape index (κ1) is 12.9. The van der Waals surface area contributed by atoms with Crippen LogP contribution >= 0.6 is 24.0 Å². The summed E-state index contributed by atoms with van der Waals surface area (Å²) < 4.78 is 18.4. The molecule has 0 spiro atoms. The largest absolute Gasteiger partial charge is 0.492 e. The van der Waals surface area contributed by atoms with Crippen LogP contribution in [-0.4, -0.2) is 19.7 Å². The number of rotatable bonds is 3. The molecule has 5 heteroatoms. The van der Waals surface area contributed by atoms with Crippen LogP contribution < -0.4 is 10.1 Å². The number of fused-ring (bicyclic) bond motifs is 1. The second kappa shape index (κ2) is 5.01. The Hall–Kier alpha value is -0.510. The molecule has 0 amide bonds. The molecule has 1 saturated heterocycles. The van der Waals surface area contributed by atoms with Gasteiger partial charge in [-0.25, -0.2) is 4.39 Å². The van der Waals surface area contributed by atoms with Crippen molar-refractivity contribution in [2.75, 3.05) is 19.7 Å². The monoisotopic (exact) mass is 277 g/mol. The van der Waals surface area contributed by atoms with E-state index < -0.39 is 0 Å². The fourth-order valence-electron chi connectivity index (χ4n) is 2.57. The van der Waals surface area contributed by atoms with Crippen molar-refractivity contribution in [3.63, 3.8) is 0 Å². The Morgan fingerprint density at radius 1 is 1.35 bits per heavy atom. The van der Waals surface area contributed by atoms with Crippen LogP contribution in [0.25, 0.3) is 0 Å². The van der Waals surface area contributed by atoms with Crippen molar-refractivity contribution in [3.8, 4) is 5.75 Å². The summed E-state index contributed by atoms with van der Waals surface area (Å²) in [5.41, 5.74) is 0. The van der Waals surface area contributed by atoms with Gasteiger partial charge >= 0.3 is 0 Å². The van der Waals surface area contributed by atoms with Gasteiger partial charge in [0.05, 0.1) is 11.6 Å². The summed E-state index contributed by atoms with van der Waals surface area (Å²) in [6.45, 7) is 2.91. The van der Waals surface area contributed by atoms with E-state index in [9.17, 15) is 4.39 Å². The SMILES string of the molecule is Cl.Fc1ccc(OC[C@H]2[C@@H]3CNC[C@@H]32)c(Cl)c1. The molecule has 1 aromatic carbocycles. The lowest BCUT2D eigenvalue weighted by molar-refractivity contribution is 0.280. The van der Waals surface area contributed by atoms with Crippen molar-refractivity contribution in [3.05, 3.63) is 29.0 Å². The number of halogens is 3. The molecule has 17 heavy (non-hydrogen) atoms. The Balaban J connectivity index is 0.00000108. The van der Waals surface area contributed by atoms with E-state index in [1.54, 1.807) is 6.07 Å². The molecule has 2 aliphatic rings. The van der Waals surface area contributed by atoms with Gasteiger partial charge in [-0.05, 0) is 43.1 Å². The fraction of sp³-hybridized carbons (Fsp3) is 0.500. The summed E-state index contributed by atoms with van der Waals surface area (Å²) in [4.78, 5) is 0. The van der Waals surface area contributed by atoms with Crippen LogP contribution in [0, 0.1) is 23.6 Å². The van der Waals surface area contributed by atoms with Crippen LogP contribution in [0.3, 0.4) is 0 Å². The number of hydrogen-bond donors (Lipinski definition) is 1. The molecule has 1 aliphatic carbocycles. The Labute approximate surface area is 111 Å². The average molecular weight is 278 g/mol. The summed E-state index contributed by atoms with van der Waals surface area (Å²) in [5, 5.41) is 3.69. The van der Waals surface area contributed by atoms with Gasteiger partial charge in [-0.2, -0.15) is 0 Å².